The quantitative estimate of drug-likeness (QED) is 0.796. The smallest absolute Gasteiger partial charge is 0.251 e. The SMILES string of the molecule is O=C(Cc1ccc2c(c1)OCCCO2)N1CCN(C(=O)C2CCCO2)CC1. The zero-order chi connectivity index (χ0) is 18.6. The fraction of sp³-hybridized carbons (Fsp3) is 0.600. The molecule has 4 rings (SSSR count). The van der Waals surface area contributed by atoms with Gasteiger partial charge in [-0.1, -0.05) is 6.07 Å². The molecule has 2 saturated heterocycles. The summed E-state index contributed by atoms with van der Waals surface area (Å²) >= 11 is 0. The van der Waals surface area contributed by atoms with E-state index in [1.807, 2.05) is 28.0 Å². The first-order valence-corrected chi connectivity index (χ1v) is 9.77. The number of amides is 2. The Kier molecular flexibility index (Phi) is 5.48. The van der Waals surface area contributed by atoms with Crippen LogP contribution in [0.3, 0.4) is 0 Å². The van der Waals surface area contributed by atoms with Crippen LogP contribution >= 0.6 is 0 Å². The van der Waals surface area contributed by atoms with Gasteiger partial charge in [-0.2, -0.15) is 0 Å². The number of hydrogen-bond donors (Lipinski definition) is 0. The molecule has 0 aliphatic carbocycles. The summed E-state index contributed by atoms with van der Waals surface area (Å²) in [6.45, 7) is 4.25. The highest BCUT2D eigenvalue weighted by Crippen LogP contribution is 2.30. The second-order valence-electron chi connectivity index (χ2n) is 7.22. The summed E-state index contributed by atoms with van der Waals surface area (Å²) in [7, 11) is 0. The van der Waals surface area contributed by atoms with Crippen molar-refractivity contribution in [1.29, 1.82) is 0 Å². The average molecular weight is 374 g/mol. The molecule has 7 nitrogen and oxygen atoms in total. The van der Waals surface area contributed by atoms with E-state index in [4.69, 9.17) is 14.2 Å². The van der Waals surface area contributed by atoms with Crippen LogP contribution in [0.5, 0.6) is 11.5 Å². The van der Waals surface area contributed by atoms with Crippen LogP contribution in [0.1, 0.15) is 24.8 Å². The van der Waals surface area contributed by atoms with Gasteiger partial charge in [0.25, 0.3) is 5.91 Å². The summed E-state index contributed by atoms with van der Waals surface area (Å²) in [6, 6.07) is 5.69. The molecular weight excluding hydrogens is 348 g/mol. The van der Waals surface area contributed by atoms with E-state index < -0.39 is 0 Å². The summed E-state index contributed by atoms with van der Waals surface area (Å²) in [6.07, 6.45) is 2.66. The minimum absolute atomic E-state index is 0.0718. The molecule has 1 atom stereocenters. The number of benzene rings is 1. The molecule has 1 aromatic carbocycles. The molecule has 3 aliphatic rings. The number of piperazine rings is 1. The fourth-order valence-electron chi connectivity index (χ4n) is 3.76. The number of carbonyl (C=O) groups is 2. The standard InChI is InChI=1S/C20H26N2O5/c23-19(14-15-4-5-16-18(13-15)27-12-2-11-25-16)21-6-8-22(9-7-21)20(24)17-3-1-10-26-17/h4-5,13,17H,1-3,6-12,14H2. The van der Waals surface area contributed by atoms with Crippen LogP contribution in [0.2, 0.25) is 0 Å². The van der Waals surface area contributed by atoms with Crippen molar-refractivity contribution in [3.63, 3.8) is 0 Å². The van der Waals surface area contributed by atoms with Crippen LogP contribution in [-0.2, 0) is 20.7 Å². The molecule has 146 valence electrons. The number of hydrogen-bond acceptors (Lipinski definition) is 5. The van der Waals surface area contributed by atoms with E-state index in [1.165, 1.54) is 0 Å². The van der Waals surface area contributed by atoms with E-state index in [-0.39, 0.29) is 17.9 Å². The average Bonchev–Trinajstić information content (AvgIpc) is 3.13. The molecule has 0 spiro atoms. The number of rotatable bonds is 3. The molecule has 27 heavy (non-hydrogen) atoms. The fourth-order valence-corrected chi connectivity index (χ4v) is 3.76. The van der Waals surface area contributed by atoms with Gasteiger partial charge < -0.3 is 24.0 Å². The van der Waals surface area contributed by atoms with Gasteiger partial charge in [-0.05, 0) is 30.5 Å². The number of fused-ring (bicyclic) bond motifs is 1. The van der Waals surface area contributed by atoms with E-state index in [0.717, 1.165) is 30.6 Å². The van der Waals surface area contributed by atoms with Gasteiger partial charge in [0.05, 0.1) is 19.6 Å². The number of ether oxygens (including phenoxy) is 3. The summed E-state index contributed by atoms with van der Waals surface area (Å²) < 4.78 is 16.8. The Hall–Kier alpha value is -2.28. The van der Waals surface area contributed by atoms with Gasteiger partial charge in [0.2, 0.25) is 5.91 Å². The largest absolute Gasteiger partial charge is 0.490 e. The molecule has 2 fully saturated rings. The van der Waals surface area contributed by atoms with Crippen LogP contribution in [0.4, 0.5) is 0 Å². The Bertz CT molecular complexity index is 694. The third kappa shape index (κ3) is 4.18. The van der Waals surface area contributed by atoms with Gasteiger partial charge in [0.15, 0.2) is 11.5 Å². The Morgan fingerprint density at radius 3 is 2.41 bits per heavy atom. The number of carbonyl (C=O) groups excluding carboxylic acids is 2. The van der Waals surface area contributed by atoms with Crippen molar-refractivity contribution in [3.05, 3.63) is 23.8 Å². The van der Waals surface area contributed by atoms with Gasteiger partial charge in [-0.25, -0.2) is 0 Å². The first-order chi connectivity index (χ1) is 13.2. The van der Waals surface area contributed by atoms with Crippen LogP contribution in [0, 0.1) is 0 Å². The third-order valence-corrected chi connectivity index (χ3v) is 5.32. The normalized spacial score (nSPS) is 22.4. The highest BCUT2D eigenvalue weighted by Gasteiger charge is 2.31. The van der Waals surface area contributed by atoms with E-state index >= 15 is 0 Å². The first kappa shape index (κ1) is 18.1. The van der Waals surface area contributed by atoms with Gasteiger partial charge in [-0.15, -0.1) is 0 Å². The van der Waals surface area contributed by atoms with Crippen molar-refractivity contribution >= 4 is 11.8 Å². The monoisotopic (exact) mass is 374 g/mol. The lowest BCUT2D eigenvalue weighted by molar-refractivity contribution is -0.145. The highest BCUT2D eigenvalue weighted by molar-refractivity contribution is 5.82. The Morgan fingerprint density at radius 1 is 0.926 bits per heavy atom. The lowest BCUT2D eigenvalue weighted by Gasteiger charge is -2.35. The Labute approximate surface area is 159 Å². The zero-order valence-electron chi connectivity index (χ0n) is 15.5. The van der Waals surface area contributed by atoms with E-state index in [1.54, 1.807) is 0 Å². The minimum atomic E-state index is -0.283. The van der Waals surface area contributed by atoms with Crippen LogP contribution in [0.25, 0.3) is 0 Å². The highest BCUT2D eigenvalue weighted by atomic mass is 16.5. The van der Waals surface area contributed by atoms with Crippen molar-refractivity contribution in [2.75, 3.05) is 46.0 Å². The van der Waals surface area contributed by atoms with Crippen LogP contribution < -0.4 is 9.47 Å². The van der Waals surface area contributed by atoms with Crippen LogP contribution in [-0.4, -0.2) is 73.7 Å². The Morgan fingerprint density at radius 2 is 1.67 bits per heavy atom. The van der Waals surface area contributed by atoms with Crippen molar-refractivity contribution in [2.45, 2.75) is 31.8 Å². The Balaban J connectivity index is 1.30. The second kappa shape index (κ2) is 8.17. The van der Waals surface area contributed by atoms with Crippen molar-refractivity contribution in [3.8, 4) is 11.5 Å². The molecule has 7 heteroatoms. The van der Waals surface area contributed by atoms with Gasteiger partial charge >= 0.3 is 0 Å². The molecule has 0 aromatic heterocycles. The summed E-state index contributed by atoms with van der Waals surface area (Å²) in [5.74, 6) is 1.60. The molecule has 0 saturated carbocycles. The van der Waals surface area contributed by atoms with Crippen molar-refractivity contribution in [2.24, 2.45) is 0 Å². The molecule has 3 aliphatic heterocycles. The molecule has 3 heterocycles. The summed E-state index contributed by atoms with van der Waals surface area (Å²) in [5, 5.41) is 0. The molecule has 1 unspecified atom stereocenters. The molecule has 0 N–H and O–H groups in total. The van der Waals surface area contributed by atoms with Gasteiger partial charge in [-0.3, -0.25) is 9.59 Å². The molecular formula is C20H26N2O5. The molecule has 1 aromatic rings. The van der Waals surface area contributed by atoms with E-state index in [0.29, 0.717) is 58.2 Å². The molecule has 2 amide bonds. The predicted molar refractivity (Wildman–Crippen MR) is 97.9 cm³/mol. The maximum Gasteiger partial charge on any atom is 0.251 e. The second-order valence-corrected chi connectivity index (χ2v) is 7.22. The van der Waals surface area contributed by atoms with Gasteiger partial charge in [0.1, 0.15) is 6.10 Å². The zero-order valence-corrected chi connectivity index (χ0v) is 15.5. The minimum Gasteiger partial charge on any atom is -0.490 e. The van der Waals surface area contributed by atoms with E-state index in [2.05, 4.69) is 0 Å². The molecule has 0 bridgehead atoms. The van der Waals surface area contributed by atoms with Crippen molar-refractivity contribution < 1.29 is 23.8 Å². The molecule has 0 radical (unpaired) electrons. The summed E-state index contributed by atoms with van der Waals surface area (Å²) in [4.78, 5) is 28.7. The summed E-state index contributed by atoms with van der Waals surface area (Å²) in [5.41, 5.74) is 0.919. The third-order valence-electron chi connectivity index (χ3n) is 5.32. The van der Waals surface area contributed by atoms with Gasteiger partial charge in [0, 0.05) is 39.2 Å². The first-order valence-electron chi connectivity index (χ1n) is 9.77. The van der Waals surface area contributed by atoms with Crippen LogP contribution in [0.15, 0.2) is 18.2 Å². The van der Waals surface area contributed by atoms with E-state index in [9.17, 15) is 9.59 Å². The lowest BCUT2D eigenvalue weighted by atomic mass is 10.1. The predicted octanol–water partition coefficient (Wildman–Crippen LogP) is 1.24. The lowest BCUT2D eigenvalue weighted by Crippen LogP contribution is -2.53. The van der Waals surface area contributed by atoms with Crippen molar-refractivity contribution in [1.82, 2.24) is 9.80 Å². The maximum absolute atomic E-state index is 12.7. The topological polar surface area (TPSA) is 68.3 Å². The maximum atomic E-state index is 12.7. The number of nitrogens with zero attached hydrogens (tertiary/aromatic N) is 2.